The van der Waals surface area contributed by atoms with E-state index in [1.54, 1.807) is 24.3 Å². The summed E-state index contributed by atoms with van der Waals surface area (Å²) >= 11 is 0. The van der Waals surface area contributed by atoms with Gasteiger partial charge >= 0.3 is 0 Å². The van der Waals surface area contributed by atoms with E-state index in [1.807, 2.05) is 7.05 Å². The predicted octanol–water partition coefficient (Wildman–Crippen LogP) is 1.43. The van der Waals surface area contributed by atoms with Gasteiger partial charge in [0, 0.05) is 12.2 Å². The predicted molar refractivity (Wildman–Crippen MR) is 82.9 cm³/mol. The average Bonchev–Trinajstić information content (AvgIpc) is 2.48. The zero-order chi connectivity index (χ0) is 15.1. The molecular formula is C16H22N4O. The molecule has 112 valence electrons. The normalized spacial score (nSPS) is 18.2. The highest BCUT2D eigenvalue weighted by molar-refractivity contribution is 5.92. The third kappa shape index (κ3) is 5.18. The molecule has 5 nitrogen and oxygen atoms in total. The van der Waals surface area contributed by atoms with Gasteiger partial charge in [0.1, 0.15) is 0 Å². The Morgan fingerprint density at radius 2 is 2.43 bits per heavy atom. The lowest BCUT2D eigenvalue weighted by molar-refractivity contribution is -0.117. The van der Waals surface area contributed by atoms with Gasteiger partial charge in [-0.2, -0.15) is 5.26 Å². The lowest BCUT2D eigenvalue weighted by atomic mass is 9.99. The summed E-state index contributed by atoms with van der Waals surface area (Å²) in [7, 11) is 1.97. The average molecular weight is 286 g/mol. The molecule has 0 saturated carbocycles. The Bertz CT molecular complexity index is 517. The largest absolute Gasteiger partial charge is 0.325 e. The highest BCUT2D eigenvalue weighted by Gasteiger charge is 2.16. The summed E-state index contributed by atoms with van der Waals surface area (Å²) in [6, 6.07) is 9.04. The molecule has 1 aromatic carbocycles. The van der Waals surface area contributed by atoms with Crippen LogP contribution in [0.5, 0.6) is 0 Å². The van der Waals surface area contributed by atoms with Crippen molar-refractivity contribution in [3.8, 4) is 6.07 Å². The van der Waals surface area contributed by atoms with Crippen LogP contribution >= 0.6 is 0 Å². The summed E-state index contributed by atoms with van der Waals surface area (Å²) in [5.74, 6) is 0.579. The Morgan fingerprint density at radius 3 is 3.14 bits per heavy atom. The number of rotatable bonds is 5. The number of hydrogen-bond donors (Lipinski definition) is 2. The van der Waals surface area contributed by atoms with E-state index in [4.69, 9.17) is 5.26 Å². The van der Waals surface area contributed by atoms with E-state index in [0.29, 0.717) is 23.7 Å². The van der Waals surface area contributed by atoms with Crippen LogP contribution in [0.25, 0.3) is 0 Å². The highest BCUT2D eigenvalue weighted by Crippen LogP contribution is 2.12. The lowest BCUT2D eigenvalue weighted by Gasteiger charge is -2.27. The Labute approximate surface area is 125 Å². The number of nitrogens with zero attached hydrogens (tertiary/aromatic N) is 2. The lowest BCUT2D eigenvalue weighted by Crippen LogP contribution is -2.39. The van der Waals surface area contributed by atoms with Gasteiger partial charge in [-0.1, -0.05) is 6.07 Å². The van der Waals surface area contributed by atoms with Crippen molar-refractivity contribution in [1.29, 1.82) is 5.26 Å². The van der Waals surface area contributed by atoms with E-state index in [2.05, 4.69) is 21.6 Å². The van der Waals surface area contributed by atoms with Gasteiger partial charge in [-0.05, 0) is 57.1 Å². The molecular weight excluding hydrogens is 264 g/mol. The molecule has 2 N–H and O–H groups in total. The number of piperidine rings is 1. The van der Waals surface area contributed by atoms with E-state index in [0.717, 1.165) is 19.6 Å². The molecule has 1 amide bonds. The standard InChI is InChI=1S/C16H22N4O/c1-20(11-14-5-3-7-18-10-14)12-16(21)19-15-6-2-4-13(8-15)9-17/h2,4,6,8,14,18H,3,5,7,10-12H2,1H3,(H,19,21). The van der Waals surface area contributed by atoms with Crippen molar-refractivity contribution in [3.05, 3.63) is 29.8 Å². The van der Waals surface area contributed by atoms with E-state index >= 15 is 0 Å². The van der Waals surface area contributed by atoms with Crippen molar-refractivity contribution >= 4 is 11.6 Å². The molecule has 1 fully saturated rings. The van der Waals surface area contributed by atoms with Gasteiger partial charge < -0.3 is 10.6 Å². The third-order valence-corrected chi connectivity index (χ3v) is 3.66. The summed E-state index contributed by atoms with van der Waals surface area (Å²) in [5.41, 5.74) is 1.22. The summed E-state index contributed by atoms with van der Waals surface area (Å²) in [6.45, 7) is 3.44. The Morgan fingerprint density at radius 1 is 1.57 bits per heavy atom. The first kappa shape index (κ1) is 15.5. The molecule has 1 saturated heterocycles. The number of nitriles is 1. The summed E-state index contributed by atoms with van der Waals surface area (Å²) in [5, 5.41) is 15.1. The quantitative estimate of drug-likeness (QED) is 0.859. The van der Waals surface area contributed by atoms with Gasteiger partial charge in [-0.15, -0.1) is 0 Å². The van der Waals surface area contributed by atoms with E-state index in [9.17, 15) is 4.79 Å². The van der Waals surface area contributed by atoms with E-state index in [-0.39, 0.29) is 5.91 Å². The molecule has 1 atom stereocenters. The zero-order valence-corrected chi connectivity index (χ0v) is 12.4. The molecule has 0 bridgehead atoms. The van der Waals surface area contributed by atoms with E-state index < -0.39 is 0 Å². The number of amides is 1. The molecule has 5 heteroatoms. The minimum absolute atomic E-state index is 0.0450. The van der Waals surface area contributed by atoms with Crippen LogP contribution in [-0.4, -0.2) is 44.0 Å². The SMILES string of the molecule is CN(CC(=O)Nc1cccc(C#N)c1)CC1CCCNC1. The van der Waals surface area contributed by atoms with Crippen molar-refractivity contribution in [1.82, 2.24) is 10.2 Å². The van der Waals surface area contributed by atoms with Gasteiger partial charge in [0.2, 0.25) is 5.91 Å². The number of carbonyl (C=O) groups is 1. The number of likely N-dealkylation sites (N-methyl/N-ethyl adjacent to an activating group) is 1. The molecule has 0 spiro atoms. The van der Waals surface area contributed by atoms with Crippen LogP contribution < -0.4 is 10.6 Å². The molecule has 1 aliphatic heterocycles. The number of anilines is 1. The second kappa shape index (κ2) is 7.77. The van der Waals surface area contributed by atoms with Crippen molar-refractivity contribution in [2.24, 2.45) is 5.92 Å². The first-order valence-electron chi connectivity index (χ1n) is 7.36. The van der Waals surface area contributed by atoms with Gasteiger partial charge in [0.15, 0.2) is 0 Å². The van der Waals surface area contributed by atoms with E-state index in [1.165, 1.54) is 12.8 Å². The minimum atomic E-state index is -0.0450. The maximum absolute atomic E-state index is 12.0. The Hall–Kier alpha value is -1.90. The van der Waals surface area contributed by atoms with Gasteiger partial charge in [0.05, 0.1) is 18.2 Å². The summed E-state index contributed by atoms with van der Waals surface area (Å²) in [4.78, 5) is 14.1. The molecule has 1 unspecified atom stereocenters. The number of benzene rings is 1. The van der Waals surface area contributed by atoms with Crippen LogP contribution in [0, 0.1) is 17.2 Å². The number of hydrogen-bond acceptors (Lipinski definition) is 4. The Balaban J connectivity index is 1.79. The van der Waals surface area contributed by atoms with Gasteiger partial charge in [0.25, 0.3) is 0 Å². The molecule has 1 aliphatic rings. The molecule has 1 heterocycles. The fraction of sp³-hybridized carbons (Fsp3) is 0.500. The molecule has 2 rings (SSSR count). The smallest absolute Gasteiger partial charge is 0.238 e. The maximum Gasteiger partial charge on any atom is 0.238 e. The monoisotopic (exact) mass is 286 g/mol. The maximum atomic E-state index is 12.0. The fourth-order valence-electron chi connectivity index (χ4n) is 2.70. The molecule has 1 aromatic rings. The summed E-state index contributed by atoms with van der Waals surface area (Å²) < 4.78 is 0. The fourth-order valence-corrected chi connectivity index (χ4v) is 2.70. The van der Waals surface area contributed by atoms with Crippen LogP contribution in [0.1, 0.15) is 18.4 Å². The number of carbonyl (C=O) groups excluding carboxylic acids is 1. The number of nitrogens with one attached hydrogen (secondary N) is 2. The van der Waals surface area contributed by atoms with Crippen LogP contribution in [-0.2, 0) is 4.79 Å². The molecule has 21 heavy (non-hydrogen) atoms. The first-order valence-corrected chi connectivity index (χ1v) is 7.36. The molecule has 0 radical (unpaired) electrons. The second-order valence-electron chi connectivity index (χ2n) is 5.65. The molecule has 0 aliphatic carbocycles. The van der Waals surface area contributed by atoms with Crippen LogP contribution in [0.3, 0.4) is 0 Å². The van der Waals surface area contributed by atoms with Crippen molar-refractivity contribution < 1.29 is 4.79 Å². The highest BCUT2D eigenvalue weighted by atomic mass is 16.2. The van der Waals surface area contributed by atoms with Crippen molar-refractivity contribution in [2.75, 3.05) is 38.5 Å². The third-order valence-electron chi connectivity index (χ3n) is 3.66. The van der Waals surface area contributed by atoms with Crippen molar-refractivity contribution in [2.45, 2.75) is 12.8 Å². The topological polar surface area (TPSA) is 68.2 Å². The Kier molecular flexibility index (Phi) is 5.73. The van der Waals surface area contributed by atoms with Crippen molar-refractivity contribution in [3.63, 3.8) is 0 Å². The van der Waals surface area contributed by atoms with Crippen LogP contribution in [0.4, 0.5) is 5.69 Å². The van der Waals surface area contributed by atoms with Crippen LogP contribution in [0.15, 0.2) is 24.3 Å². The molecule has 0 aromatic heterocycles. The van der Waals surface area contributed by atoms with Gasteiger partial charge in [-0.25, -0.2) is 0 Å². The summed E-state index contributed by atoms with van der Waals surface area (Å²) in [6.07, 6.45) is 2.44. The first-order chi connectivity index (χ1) is 10.2. The zero-order valence-electron chi connectivity index (χ0n) is 12.4. The second-order valence-corrected chi connectivity index (χ2v) is 5.65. The van der Waals surface area contributed by atoms with Gasteiger partial charge in [-0.3, -0.25) is 9.69 Å². The minimum Gasteiger partial charge on any atom is -0.325 e. The van der Waals surface area contributed by atoms with Crippen LogP contribution in [0.2, 0.25) is 0 Å².